The van der Waals surface area contributed by atoms with Crippen molar-refractivity contribution in [3.05, 3.63) is 78.2 Å². The number of hydrogen-bond donors (Lipinski definition) is 2. The monoisotopic (exact) mass is 394 g/mol. The smallest absolute Gasteiger partial charge is 0.291 e. The highest BCUT2D eigenvalue weighted by molar-refractivity contribution is 6.07. The number of rotatable bonds is 7. The zero-order valence-electron chi connectivity index (χ0n) is 15.5. The maximum atomic E-state index is 12.5. The van der Waals surface area contributed by atoms with E-state index in [4.69, 9.17) is 8.83 Å². The van der Waals surface area contributed by atoms with Crippen LogP contribution in [0, 0.1) is 0 Å². The zero-order chi connectivity index (χ0) is 20.2. The molecule has 4 rings (SSSR count). The van der Waals surface area contributed by atoms with Crippen LogP contribution in [-0.2, 0) is 20.1 Å². The maximum absolute atomic E-state index is 12.5. The Morgan fingerprint density at radius 2 is 2.00 bits per heavy atom. The molecular formula is C19H18N6O4. The fourth-order valence-electron chi connectivity index (χ4n) is 2.79. The molecule has 10 nitrogen and oxygen atoms in total. The minimum absolute atomic E-state index is 0.123. The summed E-state index contributed by atoms with van der Waals surface area (Å²) in [6.07, 6.45) is 6.40. The minimum Gasteiger partial charge on any atom is -0.467 e. The fraction of sp³-hybridized carbons (Fsp3) is 0.158. The summed E-state index contributed by atoms with van der Waals surface area (Å²) in [5, 5.41) is 13.6. The van der Waals surface area contributed by atoms with Crippen LogP contribution in [0.3, 0.4) is 0 Å². The Bertz CT molecular complexity index is 1110. The Hall–Kier alpha value is -4.08. The molecule has 29 heavy (non-hydrogen) atoms. The van der Waals surface area contributed by atoms with E-state index in [-0.39, 0.29) is 23.7 Å². The molecular weight excluding hydrogens is 376 g/mol. The first-order valence-corrected chi connectivity index (χ1v) is 8.80. The van der Waals surface area contributed by atoms with Crippen LogP contribution in [0.25, 0.3) is 0 Å². The highest BCUT2D eigenvalue weighted by Crippen LogP contribution is 2.17. The number of carbonyl (C=O) groups excluding carboxylic acids is 2. The number of hydrogen-bond acceptors (Lipinski definition) is 6. The summed E-state index contributed by atoms with van der Waals surface area (Å²) in [6, 6.07) is 8.57. The molecule has 0 saturated heterocycles. The van der Waals surface area contributed by atoms with Crippen LogP contribution in [0.2, 0.25) is 0 Å². The first-order valence-electron chi connectivity index (χ1n) is 8.80. The van der Waals surface area contributed by atoms with Crippen LogP contribution in [0.5, 0.6) is 0 Å². The van der Waals surface area contributed by atoms with Crippen molar-refractivity contribution in [2.75, 3.05) is 5.32 Å². The van der Waals surface area contributed by atoms with Gasteiger partial charge in [-0.3, -0.25) is 19.0 Å². The lowest BCUT2D eigenvalue weighted by atomic mass is 10.3. The predicted molar refractivity (Wildman–Crippen MR) is 101 cm³/mol. The van der Waals surface area contributed by atoms with Crippen molar-refractivity contribution in [2.24, 2.45) is 7.05 Å². The molecule has 4 heterocycles. The average molecular weight is 394 g/mol. The van der Waals surface area contributed by atoms with Crippen molar-refractivity contribution >= 4 is 17.5 Å². The lowest BCUT2D eigenvalue weighted by Gasteiger charge is -2.07. The van der Waals surface area contributed by atoms with Crippen LogP contribution in [-0.4, -0.2) is 31.4 Å². The van der Waals surface area contributed by atoms with Gasteiger partial charge in [-0.2, -0.15) is 10.2 Å². The van der Waals surface area contributed by atoms with Crippen molar-refractivity contribution in [1.82, 2.24) is 24.9 Å². The standard InChI is InChI=1S/C19H18N6O4/c1-24-17(19(27)20-10-13-4-2-9-28-13)15(11-22-24)23-18(26)16-6-5-14(29-16)12-25-8-3-7-21-25/h2-9,11H,10,12H2,1H3,(H,20,27)(H,23,26). The number of nitrogens with zero attached hydrogens (tertiary/aromatic N) is 4. The molecule has 0 unspecified atom stereocenters. The Balaban J connectivity index is 1.43. The van der Waals surface area contributed by atoms with Gasteiger partial charge in [-0.1, -0.05) is 0 Å². The summed E-state index contributed by atoms with van der Waals surface area (Å²) >= 11 is 0. The van der Waals surface area contributed by atoms with E-state index in [0.29, 0.717) is 18.1 Å². The summed E-state index contributed by atoms with van der Waals surface area (Å²) in [6.45, 7) is 0.632. The van der Waals surface area contributed by atoms with E-state index >= 15 is 0 Å². The van der Waals surface area contributed by atoms with Gasteiger partial charge in [-0.05, 0) is 30.3 Å². The molecule has 0 aromatic carbocycles. The van der Waals surface area contributed by atoms with Crippen LogP contribution in [0.4, 0.5) is 5.69 Å². The summed E-state index contributed by atoms with van der Waals surface area (Å²) in [7, 11) is 1.62. The first kappa shape index (κ1) is 18.3. The third-order valence-corrected chi connectivity index (χ3v) is 4.17. The quantitative estimate of drug-likeness (QED) is 0.495. The van der Waals surface area contributed by atoms with Gasteiger partial charge in [0.15, 0.2) is 5.76 Å². The average Bonchev–Trinajstić information content (AvgIpc) is 3.49. The molecule has 2 N–H and O–H groups in total. The van der Waals surface area contributed by atoms with Gasteiger partial charge in [-0.15, -0.1) is 0 Å². The Morgan fingerprint density at radius 3 is 2.76 bits per heavy atom. The van der Waals surface area contributed by atoms with Crippen LogP contribution in [0.15, 0.2) is 64.0 Å². The minimum atomic E-state index is -0.482. The zero-order valence-corrected chi connectivity index (χ0v) is 15.5. The largest absolute Gasteiger partial charge is 0.467 e. The number of furan rings is 2. The van der Waals surface area contributed by atoms with E-state index < -0.39 is 11.8 Å². The number of anilines is 1. The molecule has 4 aromatic heterocycles. The second kappa shape index (κ2) is 7.89. The number of nitrogens with one attached hydrogen (secondary N) is 2. The summed E-state index contributed by atoms with van der Waals surface area (Å²) in [4.78, 5) is 25.1. The first-order chi connectivity index (χ1) is 14.1. The van der Waals surface area contributed by atoms with Crippen LogP contribution in [0.1, 0.15) is 32.6 Å². The van der Waals surface area contributed by atoms with Crippen LogP contribution >= 0.6 is 0 Å². The summed E-state index contributed by atoms with van der Waals surface area (Å²) in [5.41, 5.74) is 0.493. The highest BCUT2D eigenvalue weighted by atomic mass is 16.4. The summed E-state index contributed by atoms with van der Waals surface area (Å²) < 4.78 is 13.9. The van der Waals surface area contributed by atoms with Gasteiger partial charge in [0, 0.05) is 19.4 Å². The van der Waals surface area contributed by atoms with E-state index in [1.165, 1.54) is 17.1 Å². The molecule has 0 radical (unpaired) electrons. The van der Waals surface area contributed by atoms with E-state index in [1.54, 1.807) is 54.5 Å². The molecule has 0 fully saturated rings. The Morgan fingerprint density at radius 1 is 1.10 bits per heavy atom. The number of aryl methyl sites for hydroxylation is 1. The maximum Gasteiger partial charge on any atom is 0.291 e. The van der Waals surface area contributed by atoms with Crippen molar-refractivity contribution in [2.45, 2.75) is 13.1 Å². The van der Waals surface area contributed by atoms with Gasteiger partial charge in [0.1, 0.15) is 17.2 Å². The van der Waals surface area contributed by atoms with Gasteiger partial charge < -0.3 is 19.5 Å². The van der Waals surface area contributed by atoms with Gasteiger partial charge in [-0.25, -0.2) is 0 Å². The predicted octanol–water partition coefficient (Wildman–Crippen LogP) is 2.03. The van der Waals surface area contributed by atoms with E-state index in [0.717, 1.165) is 0 Å². The third-order valence-electron chi connectivity index (χ3n) is 4.17. The van der Waals surface area contributed by atoms with Crippen molar-refractivity contribution in [1.29, 1.82) is 0 Å². The van der Waals surface area contributed by atoms with Crippen molar-refractivity contribution in [3.8, 4) is 0 Å². The lowest BCUT2D eigenvalue weighted by molar-refractivity contribution is 0.0939. The normalized spacial score (nSPS) is 10.8. The van der Waals surface area contributed by atoms with Crippen LogP contribution < -0.4 is 10.6 Å². The van der Waals surface area contributed by atoms with E-state index in [2.05, 4.69) is 20.8 Å². The second-order valence-electron chi connectivity index (χ2n) is 6.22. The van der Waals surface area contributed by atoms with Gasteiger partial charge in [0.2, 0.25) is 0 Å². The number of carbonyl (C=O) groups is 2. The molecule has 4 aromatic rings. The molecule has 2 amide bonds. The SMILES string of the molecule is Cn1ncc(NC(=O)c2ccc(Cn3cccn3)o2)c1C(=O)NCc1ccco1. The van der Waals surface area contributed by atoms with E-state index in [9.17, 15) is 9.59 Å². The second-order valence-corrected chi connectivity index (χ2v) is 6.22. The van der Waals surface area contributed by atoms with Gasteiger partial charge in [0.05, 0.1) is 31.2 Å². The topological polar surface area (TPSA) is 120 Å². The number of amides is 2. The Kier molecular flexibility index (Phi) is 4.97. The molecule has 0 aliphatic heterocycles. The molecule has 148 valence electrons. The lowest BCUT2D eigenvalue weighted by Crippen LogP contribution is -2.26. The molecule has 10 heteroatoms. The van der Waals surface area contributed by atoms with Crippen molar-refractivity contribution < 1.29 is 18.4 Å². The summed E-state index contributed by atoms with van der Waals surface area (Å²) in [5.74, 6) is 0.450. The van der Waals surface area contributed by atoms with Gasteiger partial charge >= 0.3 is 0 Å². The Labute approximate surface area is 165 Å². The molecule has 0 aliphatic rings. The molecule has 0 atom stereocenters. The highest BCUT2D eigenvalue weighted by Gasteiger charge is 2.20. The van der Waals surface area contributed by atoms with Gasteiger partial charge in [0.25, 0.3) is 11.8 Å². The van der Waals surface area contributed by atoms with E-state index in [1.807, 2.05) is 0 Å². The molecule has 0 bridgehead atoms. The fourth-order valence-corrected chi connectivity index (χ4v) is 2.79. The molecule has 0 saturated carbocycles. The molecule has 0 aliphatic carbocycles. The number of aromatic nitrogens is 4. The third kappa shape index (κ3) is 4.10. The van der Waals surface area contributed by atoms with Crippen molar-refractivity contribution in [3.63, 3.8) is 0 Å². The molecule has 0 spiro atoms.